The van der Waals surface area contributed by atoms with Crippen LogP contribution in [0.5, 0.6) is 0 Å². The van der Waals surface area contributed by atoms with Crippen molar-refractivity contribution in [3.05, 3.63) is 12.7 Å². The van der Waals surface area contributed by atoms with E-state index in [2.05, 4.69) is 34.3 Å². The Bertz CT molecular complexity index is 381. The van der Waals surface area contributed by atoms with Crippen LogP contribution in [-0.4, -0.2) is 18.8 Å². The van der Waals surface area contributed by atoms with Crippen LogP contribution in [0.3, 0.4) is 0 Å². The molecule has 3 heteroatoms. The quantitative estimate of drug-likeness (QED) is 0.561. The van der Waals surface area contributed by atoms with Gasteiger partial charge in [-0.3, -0.25) is 0 Å². The molecule has 5 atom stereocenters. The Balaban J connectivity index is 1.72. The fourth-order valence-corrected chi connectivity index (χ4v) is 4.66. The van der Waals surface area contributed by atoms with E-state index in [0.29, 0.717) is 23.3 Å². The molecule has 0 amide bonds. The van der Waals surface area contributed by atoms with Gasteiger partial charge in [0, 0.05) is 0 Å². The number of allylic oxidation sites excluding steroid dienone is 1. The van der Waals surface area contributed by atoms with Crippen molar-refractivity contribution < 1.29 is 9.31 Å². The average Bonchev–Trinajstić information content (AvgIpc) is 2.72. The van der Waals surface area contributed by atoms with Gasteiger partial charge in [0.25, 0.3) is 0 Å². The first kappa shape index (κ1) is 13.7. The molecule has 0 radical (unpaired) electrons. The van der Waals surface area contributed by atoms with E-state index >= 15 is 0 Å². The summed E-state index contributed by atoms with van der Waals surface area (Å²) in [5.41, 5.74) is 0.388. The molecule has 4 aliphatic rings. The molecule has 3 saturated carbocycles. The molecule has 0 spiro atoms. The molecule has 4 rings (SSSR count). The number of hydrogen-bond acceptors (Lipinski definition) is 2. The first-order valence-electron chi connectivity index (χ1n) is 7.83. The van der Waals surface area contributed by atoms with Crippen molar-refractivity contribution in [2.45, 2.75) is 70.9 Å². The summed E-state index contributed by atoms with van der Waals surface area (Å²) in [5.74, 6) is 1.96. The van der Waals surface area contributed by atoms with Crippen LogP contribution in [0.1, 0.15) is 53.4 Å². The van der Waals surface area contributed by atoms with E-state index in [-0.39, 0.29) is 12.7 Å². The molecule has 0 aromatic rings. The van der Waals surface area contributed by atoms with Gasteiger partial charge in [-0.2, -0.15) is 0 Å². The molecule has 2 nitrogen and oxygen atoms in total. The molecule has 19 heavy (non-hydrogen) atoms. The minimum Gasteiger partial charge on any atom is -0.405 e. The third kappa shape index (κ3) is 1.85. The smallest absolute Gasteiger partial charge is 0.405 e. The van der Waals surface area contributed by atoms with E-state index in [1.807, 2.05) is 6.08 Å². The maximum atomic E-state index is 6.44. The monoisotopic (exact) mass is 262 g/mol. The summed E-state index contributed by atoms with van der Waals surface area (Å²) in [5, 5.41) is 0. The average molecular weight is 262 g/mol. The fourth-order valence-electron chi connectivity index (χ4n) is 4.66. The molecule has 4 fully saturated rings. The molecule has 3 aliphatic carbocycles. The topological polar surface area (TPSA) is 18.5 Å². The van der Waals surface area contributed by atoms with Crippen molar-refractivity contribution in [1.29, 1.82) is 0 Å². The molecule has 2 bridgehead atoms. The Kier molecular flexibility index (Phi) is 3.14. The van der Waals surface area contributed by atoms with Gasteiger partial charge in [-0.15, -0.1) is 6.58 Å². The molecule has 0 N–H and O–H groups in total. The largest absolute Gasteiger partial charge is 0.460 e. The lowest BCUT2D eigenvalue weighted by atomic mass is 9.43. The molecular formula is C16H27BO2. The molecule has 0 aromatic heterocycles. The lowest BCUT2D eigenvalue weighted by molar-refractivity contribution is -0.199. The Hall–Kier alpha value is -0.275. The Labute approximate surface area is 118 Å². The summed E-state index contributed by atoms with van der Waals surface area (Å²) in [4.78, 5) is 0. The molecule has 1 heterocycles. The summed E-state index contributed by atoms with van der Waals surface area (Å²) in [7, 11) is -0.00917. The van der Waals surface area contributed by atoms with Crippen LogP contribution in [0.25, 0.3) is 0 Å². The van der Waals surface area contributed by atoms with E-state index in [4.69, 9.17) is 9.31 Å². The van der Waals surface area contributed by atoms with E-state index in [9.17, 15) is 0 Å². The van der Waals surface area contributed by atoms with Gasteiger partial charge in [0.1, 0.15) is 0 Å². The zero-order valence-corrected chi connectivity index (χ0v) is 12.8. The Morgan fingerprint density at radius 1 is 1.37 bits per heavy atom. The summed E-state index contributed by atoms with van der Waals surface area (Å²) in [6.07, 6.45) is 6.97. The fraction of sp³-hybridized carbons (Fsp3) is 0.875. The second-order valence-electron chi connectivity index (χ2n) is 7.68. The second kappa shape index (κ2) is 4.36. The molecule has 1 saturated heterocycles. The molecular weight excluding hydrogens is 235 g/mol. The zero-order valence-electron chi connectivity index (χ0n) is 12.8. The minimum atomic E-state index is -0.0502. The van der Waals surface area contributed by atoms with Crippen LogP contribution < -0.4 is 0 Å². The van der Waals surface area contributed by atoms with Crippen molar-refractivity contribution in [1.82, 2.24) is 0 Å². The van der Waals surface area contributed by atoms with Crippen molar-refractivity contribution >= 4 is 7.12 Å². The van der Waals surface area contributed by atoms with Crippen LogP contribution in [-0.2, 0) is 9.31 Å². The van der Waals surface area contributed by atoms with Crippen molar-refractivity contribution in [3.63, 3.8) is 0 Å². The van der Waals surface area contributed by atoms with E-state index in [0.717, 1.165) is 18.8 Å². The van der Waals surface area contributed by atoms with Crippen LogP contribution in [0.4, 0.5) is 0 Å². The predicted molar refractivity (Wildman–Crippen MR) is 79.0 cm³/mol. The van der Waals surface area contributed by atoms with Crippen molar-refractivity contribution in [2.24, 2.45) is 17.3 Å². The highest BCUT2D eigenvalue weighted by Gasteiger charge is 2.68. The maximum Gasteiger partial charge on any atom is 0.460 e. The normalized spacial score (nSPS) is 44.4. The molecule has 106 valence electrons. The summed E-state index contributed by atoms with van der Waals surface area (Å²) in [6.45, 7) is 13.1. The van der Waals surface area contributed by atoms with Crippen LogP contribution in [0.15, 0.2) is 12.7 Å². The van der Waals surface area contributed by atoms with Crippen molar-refractivity contribution in [2.75, 3.05) is 0 Å². The molecule has 0 aromatic carbocycles. The van der Waals surface area contributed by atoms with Gasteiger partial charge < -0.3 is 9.31 Å². The van der Waals surface area contributed by atoms with Gasteiger partial charge in [-0.25, -0.2) is 0 Å². The first-order chi connectivity index (χ1) is 8.89. The Morgan fingerprint density at radius 3 is 2.74 bits per heavy atom. The first-order valence-corrected chi connectivity index (χ1v) is 7.83. The van der Waals surface area contributed by atoms with E-state index < -0.39 is 0 Å². The summed E-state index contributed by atoms with van der Waals surface area (Å²) < 4.78 is 12.7. The SMILES string of the molecule is C=CCC[C@@H](C)B1O[C@@H]2C[C@@H]3C[C@@H](C3(C)C)[C@]2(C)O1. The molecule has 0 unspecified atom stereocenters. The van der Waals surface area contributed by atoms with E-state index in [1.54, 1.807) is 0 Å². The van der Waals surface area contributed by atoms with Crippen LogP contribution >= 0.6 is 0 Å². The summed E-state index contributed by atoms with van der Waals surface area (Å²) >= 11 is 0. The lowest BCUT2D eigenvalue weighted by Gasteiger charge is -2.64. The van der Waals surface area contributed by atoms with Crippen LogP contribution in [0, 0.1) is 17.3 Å². The minimum absolute atomic E-state index is 0.00917. The zero-order chi connectivity index (χ0) is 13.8. The van der Waals surface area contributed by atoms with Gasteiger partial charge >= 0.3 is 7.12 Å². The second-order valence-corrected chi connectivity index (χ2v) is 7.68. The highest BCUT2D eigenvalue weighted by Crippen LogP contribution is 2.66. The Morgan fingerprint density at radius 2 is 2.11 bits per heavy atom. The highest BCUT2D eigenvalue weighted by atomic mass is 16.7. The van der Waals surface area contributed by atoms with Gasteiger partial charge in [-0.1, -0.05) is 26.8 Å². The lowest BCUT2D eigenvalue weighted by Crippen LogP contribution is -2.65. The van der Waals surface area contributed by atoms with E-state index in [1.165, 1.54) is 12.8 Å². The van der Waals surface area contributed by atoms with Gasteiger partial charge in [-0.05, 0) is 55.7 Å². The third-order valence-electron chi connectivity index (χ3n) is 6.26. The third-order valence-corrected chi connectivity index (χ3v) is 6.26. The maximum absolute atomic E-state index is 6.44. The van der Waals surface area contributed by atoms with Crippen molar-refractivity contribution in [3.8, 4) is 0 Å². The van der Waals surface area contributed by atoms with Gasteiger partial charge in [0.2, 0.25) is 0 Å². The molecule has 1 aliphatic heterocycles. The summed E-state index contributed by atoms with van der Waals surface area (Å²) in [6, 6.07) is 0. The predicted octanol–water partition coefficient (Wildman–Crippen LogP) is 4.07. The highest BCUT2D eigenvalue weighted by molar-refractivity contribution is 6.47. The number of rotatable bonds is 4. The van der Waals surface area contributed by atoms with Crippen LogP contribution in [0.2, 0.25) is 5.82 Å². The number of hydrogen-bond donors (Lipinski definition) is 0. The van der Waals surface area contributed by atoms with Gasteiger partial charge in [0.05, 0.1) is 11.7 Å². The van der Waals surface area contributed by atoms with Gasteiger partial charge in [0.15, 0.2) is 0 Å². The standard InChI is InChI=1S/C16H27BO2/c1-6-7-8-11(2)17-18-14-10-12-9-13(15(12,3)4)16(14,5)19-17/h6,11-14H,1,7-10H2,2-5H3/t11-,12+,13+,14-,16+/m1/s1.